The maximum atomic E-state index is 8.40. The third-order valence-corrected chi connectivity index (χ3v) is 2.81. The Bertz CT molecular complexity index is 538. The quantitative estimate of drug-likeness (QED) is 0.518. The van der Waals surface area contributed by atoms with E-state index in [1.165, 1.54) is 6.21 Å². The minimum absolute atomic E-state index is 0.424. The topological polar surface area (TPSA) is 41.8 Å². The van der Waals surface area contributed by atoms with Gasteiger partial charge in [0.05, 0.1) is 6.21 Å². The Morgan fingerprint density at radius 2 is 1.83 bits per heavy atom. The van der Waals surface area contributed by atoms with Gasteiger partial charge in [0.25, 0.3) is 0 Å². The number of hydrogen-bond acceptors (Lipinski definition) is 3. The average molecular weight is 262 g/mol. The normalized spacial score (nSPS) is 10.7. The largest absolute Gasteiger partial charge is 0.489 e. The zero-order valence-corrected chi connectivity index (χ0v) is 10.3. The first-order valence-corrected chi connectivity index (χ1v) is 5.81. The van der Waals surface area contributed by atoms with Crippen molar-refractivity contribution in [1.29, 1.82) is 0 Å². The van der Waals surface area contributed by atoms with Gasteiger partial charge in [-0.2, -0.15) is 0 Å². The summed E-state index contributed by atoms with van der Waals surface area (Å²) in [4.78, 5) is 0. The number of rotatable bonds is 4. The standard InChI is InChI=1S/C14H12ClNO2/c15-14-4-2-1-3-12(14)10-18-13-7-5-11(6-8-13)9-16-17/h1-9,17H,10H2. The van der Waals surface area contributed by atoms with Crippen LogP contribution in [0.1, 0.15) is 11.1 Å². The van der Waals surface area contributed by atoms with Crippen LogP contribution >= 0.6 is 11.6 Å². The molecule has 18 heavy (non-hydrogen) atoms. The first-order valence-electron chi connectivity index (χ1n) is 5.43. The van der Waals surface area contributed by atoms with Crippen molar-refractivity contribution < 1.29 is 9.94 Å². The number of nitrogens with zero attached hydrogens (tertiary/aromatic N) is 1. The van der Waals surface area contributed by atoms with Crippen LogP contribution in [0.3, 0.4) is 0 Å². The third-order valence-electron chi connectivity index (χ3n) is 2.44. The molecule has 0 radical (unpaired) electrons. The van der Waals surface area contributed by atoms with Crippen LogP contribution in [0.5, 0.6) is 5.75 Å². The molecule has 0 aliphatic carbocycles. The molecule has 0 aliphatic rings. The van der Waals surface area contributed by atoms with E-state index in [-0.39, 0.29) is 0 Å². The Balaban J connectivity index is 2.00. The lowest BCUT2D eigenvalue weighted by Crippen LogP contribution is -1.96. The summed E-state index contributed by atoms with van der Waals surface area (Å²) in [7, 11) is 0. The van der Waals surface area contributed by atoms with Crippen molar-refractivity contribution >= 4 is 17.8 Å². The predicted octanol–water partition coefficient (Wildman–Crippen LogP) is 3.73. The summed E-state index contributed by atoms with van der Waals surface area (Å²) in [5.74, 6) is 0.741. The van der Waals surface area contributed by atoms with Crippen LogP contribution in [0.2, 0.25) is 5.02 Å². The lowest BCUT2D eigenvalue weighted by Gasteiger charge is -2.07. The van der Waals surface area contributed by atoms with E-state index in [2.05, 4.69) is 5.16 Å². The maximum absolute atomic E-state index is 8.40. The molecular weight excluding hydrogens is 250 g/mol. The predicted molar refractivity (Wildman–Crippen MR) is 71.6 cm³/mol. The fourth-order valence-corrected chi connectivity index (χ4v) is 1.68. The van der Waals surface area contributed by atoms with Crippen molar-refractivity contribution in [3.8, 4) is 5.75 Å². The SMILES string of the molecule is ON=Cc1ccc(OCc2ccccc2Cl)cc1. The van der Waals surface area contributed by atoms with Gasteiger partial charge < -0.3 is 9.94 Å². The van der Waals surface area contributed by atoms with Crippen LogP contribution < -0.4 is 4.74 Å². The van der Waals surface area contributed by atoms with Crippen molar-refractivity contribution in [2.75, 3.05) is 0 Å². The lowest BCUT2D eigenvalue weighted by molar-refractivity contribution is 0.306. The summed E-state index contributed by atoms with van der Waals surface area (Å²) in [5.41, 5.74) is 1.75. The number of oxime groups is 1. The Morgan fingerprint density at radius 1 is 1.11 bits per heavy atom. The van der Waals surface area contributed by atoms with Crippen LogP contribution in [-0.2, 0) is 6.61 Å². The molecule has 0 saturated carbocycles. The minimum atomic E-state index is 0.424. The third kappa shape index (κ3) is 3.25. The van der Waals surface area contributed by atoms with Crippen LogP contribution in [0.25, 0.3) is 0 Å². The Hall–Kier alpha value is -2.00. The molecule has 2 aromatic rings. The second-order valence-electron chi connectivity index (χ2n) is 3.69. The fraction of sp³-hybridized carbons (Fsp3) is 0.0714. The highest BCUT2D eigenvalue weighted by Crippen LogP contribution is 2.18. The Kier molecular flexibility index (Phi) is 4.20. The van der Waals surface area contributed by atoms with E-state index in [0.717, 1.165) is 16.9 Å². The molecule has 3 nitrogen and oxygen atoms in total. The molecule has 0 heterocycles. The molecule has 0 spiro atoms. The molecule has 0 aliphatic heterocycles. The fourth-order valence-electron chi connectivity index (χ4n) is 1.49. The Morgan fingerprint density at radius 3 is 2.50 bits per heavy atom. The highest BCUT2D eigenvalue weighted by Gasteiger charge is 2.00. The highest BCUT2D eigenvalue weighted by molar-refractivity contribution is 6.31. The van der Waals surface area contributed by atoms with Crippen molar-refractivity contribution in [3.63, 3.8) is 0 Å². The van der Waals surface area contributed by atoms with Gasteiger partial charge in [-0.05, 0) is 35.9 Å². The van der Waals surface area contributed by atoms with E-state index in [1.807, 2.05) is 48.5 Å². The molecule has 0 bridgehead atoms. The van der Waals surface area contributed by atoms with E-state index >= 15 is 0 Å². The van der Waals surface area contributed by atoms with Crippen molar-refractivity contribution in [2.45, 2.75) is 6.61 Å². The molecule has 0 saturated heterocycles. The number of ether oxygens (including phenoxy) is 1. The monoisotopic (exact) mass is 261 g/mol. The summed E-state index contributed by atoms with van der Waals surface area (Å²) in [6, 6.07) is 14.8. The average Bonchev–Trinajstić information content (AvgIpc) is 2.40. The molecule has 0 amide bonds. The maximum Gasteiger partial charge on any atom is 0.119 e. The molecule has 0 aromatic heterocycles. The molecule has 0 unspecified atom stereocenters. The molecular formula is C14H12ClNO2. The molecule has 2 rings (SSSR count). The summed E-state index contributed by atoms with van der Waals surface area (Å²) in [5, 5.41) is 12.0. The van der Waals surface area contributed by atoms with Crippen LogP contribution in [-0.4, -0.2) is 11.4 Å². The van der Waals surface area contributed by atoms with E-state index < -0.39 is 0 Å². The van der Waals surface area contributed by atoms with Gasteiger partial charge in [-0.1, -0.05) is 35.0 Å². The van der Waals surface area contributed by atoms with Gasteiger partial charge in [-0.25, -0.2) is 0 Å². The molecule has 92 valence electrons. The van der Waals surface area contributed by atoms with Crippen molar-refractivity contribution in [1.82, 2.24) is 0 Å². The Labute approximate surface area is 110 Å². The van der Waals surface area contributed by atoms with E-state index in [1.54, 1.807) is 0 Å². The van der Waals surface area contributed by atoms with Gasteiger partial charge in [0.2, 0.25) is 0 Å². The molecule has 1 N–H and O–H groups in total. The summed E-state index contributed by atoms with van der Waals surface area (Å²) in [6.45, 7) is 0.424. The van der Waals surface area contributed by atoms with E-state index in [9.17, 15) is 0 Å². The minimum Gasteiger partial charge on any atom is -0.489 e. The van der Waals surface area contributed by atoms with Crippen molar-refractivity contribution in [3.05, 3.63) is 64.7 Å². The zero-order valence-electron chi connectivity index (χ0n) is 9.58. The molecule has 4 heteroatoms. The molecule has 2 aromatic carbocycles. The van der Waals surface area contributed by atoms with Crippen LogP contribution in [0, 0.1) is 0 Å². The molecule has 0 fully saturated rings. The van der Waals surface area contributed by atoms with E-state index in [4.69, 9.17) is 21.5 Å². The van der Waals surface area contributed by atoms with E-state index in [0.29, 0.717) is 11.6 Å². The van der Waals surface area contributed by atoms with Gasteiger partial charge in [0, 0.05) is 10.6 Å². The smallest absolute Gasteiger partial charge is 0.119 e. The second kappa shape index (κ2) is 6.07. The molecule has 0 atom stereocenters. The zero-order chi connectivity index (χ0) is 12.8. The first kappa shape index (κ1) is 12.5. The van der Waals surface area contributed by atoms with Gasteiger partial charge in [-0.3, -0.25) is 0 Å². The summed E-state index contributed by atoms with van der Waals surface area (Å²) in [6.07, 6.45) is 1.36. The summed E-state index contributed by atoms with van der Waals surface area (Å²) >= 11 is 6.03. The second-order valence-corrected chi connectivity index (χ2v) is 4.10. The number of hydrogen-bond donors (Lipinski definition) is 1. The summed E-state index contributed by atoms with van der Waals surface area (Å²) < 4.78 is 5.61. The van der Waals surface area contributed by atoms with Crippen LogP contribution in [0.4, 0.5) is 0 Å². The van der Waals surface area contributed by atoms with Crippen molar-refractivity contribution in [2.24, 2.45) is 5.16 Å². The first-order chi connectivity index (χ1) is 8.79. The van der Waals surface area contributed by atoms with Gasteiger partial charge in [-0.15, -0.1) is 0 Å². The van der Waals surface area contributed by atoms with Crippen LogP contribution in [0.15, 0.2) is 53.7 Å². The highest BCUT2D eigenvalue weighted by atomic mass is 35.5. The van der Waals surface area contributed by atoms with Gasteiger partial charge in [0.1, 0.15) is 12.4 Å². The van der Waals surface area contributed by atoms with Gasteiger partial charge in [0.15, 0.2) is 0 Å². The number of halogens is 1. The number of benzene rings is 2. The van der Waals surface area contributed by atoms with Gasteiger partial charge >= 0.3 is 0 Å². The lowest BCUT2D eigenvalue weighted by atomic mass is 10.2.